The molecule has 2 fully saturated rings. The van der Waals surface area contributed by atoms with E-state index in [-0.39, 0.29) is 0 Å². The summed E-state index contributed by atoms with van der Waals surface area (Å²) in [4.78, 5) is 15.0. The van der Waals surface area contributed by atoms with Gasteiger partial charge in [0, 0.05) is 16.7 Å². The van der Waals surface area contributed by atoms with Gasteiger partial charge in [-0.25, -0.2) is 15.0 Å². The van der Waals surface area contributed by atoms with E-state index in [2.05, 4.69) is 68.4 Å². The van der Waals surface area contributed by atoms with Gasteiger partial charge in [-0.1, -0.05) is 129 Å². The molecule has 8 rings (SSSR count). The zero-order valence-corrected chi connectivity index (χ0v) is 28.9. The Balaban J connectivity index is 1.24. The van der Waals surface area contributed by atoms with E-state index in [9.17, 15) is 5.26 Å². The molecule has 6 aromatic rings. The lowest BCUT2D eigenvalue weighted by Gasteiger charge is -2.51. The third kappa shape index (κ3) is 6.14. The van der Waals surface area contributed by atoms with E-state index in [4.69, 9.17) is 15.0 Å². The lowest BCUT2D eigenvalue weighted by atomic mass is 9.54. The van der Waals surface area contributed by atoms with Gasteiger partial charge in [0.25, 0.3) is 0 Å². The maximum atomic E-state index is 10.0. The van der Waals surface area contributed by atoms with Gasteiger partial charge in [-0.05, 0) is 101 Å². The molecule has 1 aromatic heterocycles. The average Bonchev–Trinajstić information content (AvgIpc) is 3.17. The molecule has 4 nitrogen and oxygen atoms in total. The van der Waals surface area contributed by atoms with Crippen LogP contribution in [-0.4, -0.2) is 15.0 Å². The second kappa shape index (κ2) is 13.5. The molecule has 0 N–H and O–H groups in total. The van der Waals surface area contributed by atoms with E-state index >= 15 is 0 Å². The van der Waals surface area contributed by atoms with E-state index in [1.54, 1.807) is 0 Å². The Hall–Kier alpha value is -5.40. The lowest BCUT2D eigenvalue weighted by molar-refractivity contribution is 0.0702. The molecular weight excluding hydrogens is 609 g/mol. The summed E-state index contributed by atoms with van der Waals surface area (Å²) < 4.78 is 0. The molecule has 4 heteroatoms. The Labute approximate surface area is 296 Å². The molecule has 2 aliphatic carbocycles. The number of fused-ring (bicyclic) bond motifs is 2. The molecule has 1 heterocycles. The highest BCUT2D eigenvalue weighted by atomic mass is 15.0. The maximum Gasteiger partial charge on any atom is 0.164 e. The number of hydrogen-bond acceptors (Lipinski definition) is 4. The van der Waals surface area contributed by atoms with Gasteiger partial charge in [-0.2, -0.15) is 5.26 Å². The van der Waals surface area contributed by atoms with Crippen LogP contribution in [0.3, 0.4) is 0 Å². The molecule has 2 aliphatic rings. The highest BCUT2D eigenvalue weighted by molar-refractivity contribution is 5.91. The van der Waals surface area contributed by atoms with Gasteiger partial charge in [0.05, 0.1) is 11.6 Å². The quantitative estimate of drug-likeness (QED) is 0.172. The van der Waals surface area contributed by atoms with E-state index < -0.39 is 0 Å². The van der Waals surface area contributed by atoms with E-state index in [0.29, 0.717) is 28.5 Å². The predicted molar refractivity (Wildman–Crippen MR) is 203 cm³/mol. The smallest absolute Gasteiger partial charge is 0.164 e. The molecule has 50 heavy (non-hydrogen) atoms. The second-order valence-corrected chi connectivity index (χ2v) is 14.6. The van der Waals surface area contributed by atoms with Gasteiger partial charge in [-0.3, -0.25) is 0 Å². The number of nitriles is 1. The van der Waals surface area contributed by atoms with Crippen LogP contribution in [0.15, 0.2) is 127 Å². The van der Waals surface area contributed by atoms with Crippen molar-refractivity contribution in [2.75, 3.05) is 0 Å². The summed E-state index contributed by atoms with van der Waals surface area (Å²) in [6.07, 6.45) is 8.00. The Kier molecular flexibility index (Phi) is 8.59. The molecule has 4 atom stereocenters. The topological polar surface area (TPSA) is 62.5 Å². The van der Waals surface area contributed by atoms with Crippen LogP contribution in [0.4, 0.5) is 0 Å². The summed E-state index contributed by atoms with van der Waals surface area (Å²) in [5, 5.41) is 10.0. The molecule has 2 saturated carbocycles. The third-order valence-corrected chi connectivity index (χ3v) is 11.2. The molecule has 0 saturated heterocycles. The van der Waals surface area contributed by atoms with Gasteiger partial charge in [0.1, 0.15) is 0 Å². The van der Waals surface area contributed by atoms with Crippen LogP contribution >= 0.6 is 0 Å². The Morgan fingerprint density at radius 1 is 0.600 bits per heavy atom. The molecule has 0 radical (unpaired) electrons. The van der Waals surface area contributed by atoms with Crippen molar-refractivity contribution in [1.82, 2.24) is 15.0 Å². The number of hydrogen-bond donors (Lipinski definition) is 0. The van der Waals surface area contributed by atoms with Crippen LogP contribution in [0, 0.1) is 29.1 Å². The van der Waals surface area contributed by atoms with Gasteiger partial charge in [-0.15, -0.1) is 0 Å². The average molecular weight is 651 g/mol. The summed E-state index contributed by atoms with van der Waals surface area (Å²) in [5.74, 6) is 4.25. The van der Waals surface area contributed by atoms with Crippen molar-refractivity contribution in [2.24, 2.45) is 17.8 Å². The molecule has 2 bridgehead atoms. The van der Waals surface area contributed by atoms with E-state index in [1.807, 2.05) is 78.9 Å². The predicted octanol–water partition coefficient (Wildman–Crippen LogP) is 11.6. The zero-order valence-electron chi connectivity index (χ0n) is 28.9. The van der Waals surface area contributed by atoms with Crippen molar-refractivity contribution < 1.29 is 0 Å². The van der Waals surface area contributed by atoms with Gasteiger partial charge in [0.15, 0.2) is 17.5 Å². The van der Waals surface area contributed by atoms with Crippen molar-refractivity contribution in [2.45, 2.75) is 57.8 Å². The fraction of sp³-hybridized carbons (Fsp3) is 0.261. The SMILES string of the molecule is CC[C@@H]1C[C@@H]2C[C@H](C)CC(c3ccc(-c4ccccc4-c4cc(C#N)ccc4-c4nc(-c5ccccc5)nc(-c5ccccc5)n4)cc3)(C1)C2. The van der Waals surface area contributed by atoms with Crippen LogP contribution < -0.4 is 0 Å². The first-order valence-electron chi connectivity index (χ1n) is 18.1. The minimum Gasteiger partial charge on any atom is -0.208 e. The highest BCUT2D eigenvalue weighted by Gasteiger charge is 2.45. The Morgan fingerprint density at radius 3 is 1.86 bits per heavy atom. The van der Waals surface area contributed by atoms with Crippen LogP contribution in [0.5, 0.6) is 0 Å². The minimum atomic E-state index is 0.291. The van der Waals surface area contributed by atoms with Crippen LogP contribution in [0.1, 0.15) is 63.5 Å². The van der Waals surface area contributed by atoms with Gasteiger partial charge < -0.3 is 0 Å². The third-order valence-electron chi connectivity index (χ3n) is 11.2. The van der Waals surface area contributed by atoms with Crippen molar-refractivity contribution >= 4 is 0 Å². The van der Waals surface area contributed by atoms with Crippen LogP contribution in [0.25, 0.3) is 56.4 Å². The minimum absolute atomic E-state index is 0.291. The first-order chi connectivity index (χ1) is 24.5. The van der Waals surface area contributed by atoms with Crippen LogP contribution in [-0.2, 0) is 5.41 Å². The largest absolute Gasteiger partial charge is 0.208 e. The molecule has 1 unspecified atom stereocenters. The first kappa shape index (κ1) is 31.8. The van der Waals surface area contributed by atoms with Crippen molar-refractivity contribution in [1.29, 1.82) is 5.26 Å². The summed E-state index contributed by atoms with van der Waals surface area (Å²) in [6.45, 7) is 4.84. The van der Waals surface area contributed by atoms with E-state index in [0.717, 1.165) is 51.1 Å². The number of benzene rings is 5. The van der Waals surface area contributed by atoms with Crippen molar-refractivity contribution in [3.63, 3.8) is 0 Å². The fourth-order valence-electron chi connectivity index (χ4n) is 9.09. The summed E-state index contributed by atoms with van der Waals surface area (Å²) in [5.41, 5.74) is 9.36. The number of nitrogens with zero attached hydrogens (tertiary/aromatic N) is 4. The van der Waals surface area contributed by atoms with E-state index in [1.165, 1.54) is 49.7 Å². The van der Waals surface area contributed by atoms with Gasteiger partial charge >= 0.3 is 0 Å². The second-order valence-electron chi connectivity index (χ2n) is 14.6. The maximum absolute atomic E-state index is 10.0. The Morgan fingerprint density at radius 2 is 1.22 bits per heavy atom. The standard InChI is InChI=1S/C46H42N4/c1-3-32-25-34-24-31(2)27-46(28-32,29-34)38-21-19-35(20-22-38)39-16-10-11-17-40(39)42-26-33(30-47)18-23-41(42)45-49-43(36-12-6-4-7-13-36)48-44(50-45)37-14-8-5-9-15-37/h4-23,26,31-32,34H,3,24-25,27-29H2,1-2H3/t31-,32+,34-,46?/m0/s1. The Bertz CT molecular complexity index is 2110. The normalized spacial score (nSPS) is 21.3. The first-order valence-corrected chi connectivity index (χ1v) is 18.1. The molecular formula is C46H42N4. The number of rotatable bonds is 7. The molecule has 246 valence electrons. The molecule has 5 aromatic carbocycles. The highest BCUT2D eigenvalue weighted by Crippen LogP contribution is 2.55. The number of aromatic nitrogens is 3. The fourth-order valence-corrected chi connectivity index (χ4v) is 9.09. The van der Waals surface area contributed by atoms with Crippen molar-refractivity contribution in [3.8, 4) is 62.5 Å². The van der Waals surface area contributed by atoms with Crippen molar-refractivity contribution in [3.05, 3.63) is 139 Å². The molecule has 0 aliphatic heterocycles. The lowest BCUT2D eigenvalue weighted by Crippen LogP contribution is -2.42. The molecule has 0 amide bonds. The summed E-state index contributed by atoms with van der Waals surface area (Å²) >= 11 is 0. The molecule has 0 spiro atoms. The van der Waals surface area contributed by atoms with Crippen LogP contribution in [0.2, 0.25) is 0 Å². The summed E-state index contributed by atoms with van der Waals surface area (Å²) in [6, 6.07) is 46.3. The summed E-state index contributed by atoms with van der Waals surface area (Å²) in [7, 11) is 0. The monoisotopic (exact) mass is 650 g/mol. The zero-order chi connectivity index (χ0) is 34.1. The van der Waals surface area contributed by atoms with Gasteiger partial charge in [0.2, 0.25) is 0 Å².